The molecule has 0 spiro atoms. The maximum absolute atomic E-state index is 5.66. The fourth-order valence-electron chi connectivity index (χ4n) is 2.40. The van der Waals surface area contributed by atoms with Crippen LogP contribution >= 0.6 is 12.2 Å². The third-order valence-corrected chi connectivity index (χ3v) is 3.69. The van der Waals surface area contributed by atoms with Crippen molar-refractivity contribution in [1.29, 1.82) is 0 Å². The fraction of sp³-hybridized carbons (Fsp3) is 0.400. The Morgan fingerprint density at radius 3 is 3.18 bits per heavy atom. The maximum atomic E-state index is 5.66. The smallest absolute Gasteiger partial charge is 0.216 e. The molecule has 0 bridgehead atoms. The minimum absolute atomic E-state index is 0.0489. The Kier molecular flexibility index (Phi) is 4.65. The molecular formula is C15H18N4O2S. The van der Waals surface area contributed by atoms with E-state index >= 15 is 0 Å². The monoisotopic (exact) mass is 318 g/mol. The van der Waals surface area contributed by atoms with Gasteiger partial charge in [0.2, 0.25) is 4.77 Å². The zero-order valence-corrected chi connectivity index (χ0v) is 13.2. The highest BCUT2D eigenvalue weighted by atomic mass is 32.1. The first-order valence-electron chi connectivity index (χ1n) is 7.34. The van der Waals surface area contributed by atoms with E-state index in [-0.39, 0.29) is 6.10 Å². The molecule has 2 heterocycles. The Hall–Kier alpha value is -1.99. The van der Waals surface area contributed by atoms with Crippen molar-refractivity contribution in [3.63, 3.8) is 0 Å². The average molecular weight is 318 g/mol. The van der Waals surface area contributed by atoms with E-state index in [0.29, 0.717) is 17.2 Å². The van der Waals surface area contributed by atoms with Crippen LogP contribution in [0.15, 0.2) is 29.4 Å². The zero-order valence-electron chi connectivity index (χ0n) is 12.4. The summed E-state index contributed by atoms with van der Waals surface area (Å²) in [6, 6.07) is 7.74. The second-order valence-electron chi connectivity index (χ2n) is 4.92. The summed E-state index contributed by atoms with van der Waals surface area (Å²) in [4.78, 5) is 0. The summed E-state index contributed by atoms with van der Waals surface area (Å²) in [5.74, 6) is 1.51. The van der Waals surface area contributed by atoms with Crippen molar-refractivity contribution in [2.75, 3.05) is 13.2 Å². The van der Waals surface area contributed by atoms with Crippen molar-refractivity contribution < 1.29 is 9.47 Å². The van der Waals surface area contributed by atoms with E-state index in [1.54, 1.807) is 10.9 Å². The lowest BCUT2D eigenvalue weighted by atomic mass is 10.2. The normalized spacial score (nSPS) is 18.1. The van der Waals surface area contributed by atoms with Crippen LogP contribution in [0.4, 0.5) is 0 Å². The van der Waals surface area contributed by atoms with E-state index < -0.39 is 0 Å². The van der Waals surface area contributed by atoms with Gasteiger partial charge in [-0.2, -0.15) is 14.9 Å². The number of nitrogens with zero attached hydrogens (tertiary/aromatic N) is 3. The van der Waals surface area contributed by atoms with Crippen LogP contribution in [0.3, 0.4) is 0 Å². The predicted molar refractivity (Wildman–Crippen MR) is 85.9 cm³/mol. The van der Waals surface area contributed by atoms with Crippen molar-refractivity contribution in [2.24, 2.45) is 5.10 Å². The molecule has 0 aliphatic carbocycles. The zero-order chi connectivity index (χ0) is 15.4. The van der Waals surface area contributed by atoms with E-state index in [1.165, 1.54) is 0 Å². The molecule has 1 atom stereocenters. The molecule has 1 aliphatic rings. The molecule has 0 radical (unpaired) electrons. The van der Waals surface area contributed by atoms with Crippen LogP contribution in [-0.2, 0) is 4.74 Å². The summed E-state index contributed by atoms with van der Waals surface area (Å²) in [6.07, 6.45) is 3.65. The fourth-order valence-corrected chi connectivity index (χ4v) is 2.59. The molecule has 1 fully saturated rings. The van der Waals surface area contributed by atoms with Crippen LogP contribution in [0.5, 0.6) is 5.75 Å². The minimum Gasteiger partial charge on any atom is -0.493 e. The van der Waals surface area contributed by atoms with Gasteiger partial charge >= 0.3 is 0 Å². The molecule has 0 saturated carbocycles. The number of rotatable bonds is 5. The van der Waals surface area contributed by atoms with Crippen molar-refractivity contribution in [2.45, 2.75) is 25.9 Å². The number of nitrogens with one attached hydrogen (secondary N) is 1. The topological polar surface area (TPSA) is 64.4 Å². The molecule has 1 saturated heterocycles. The third-order valence-electron chi connectivity index (χ3n) is 3.42. The molecule has 1 aliphatic heterocycles. The second-order valence-corrected chi connectivity index (χ2v) is 5.30. The maximum Gasteiger partial charge on any atom is 0.216 e. The van der Waals surface area contributed by atoms with Crippen LogP contribution in [0.1, 0.15) is 37.3 Å². The van der Waals surface area contributed by atoms with E-state index in [4.69, 9.17) is 21.7 Å². The summed E-state index contributed by atoms with van der Waals surface area (Å²) in [7, 11) is 0. The SMILES string of the molecule is CCOc1ccccc1/C=N\n1c([C@H]2CCCO2)n[nH]c1=S. The van der Waals surface area contributed by atoms with Crippen molar-refractivity contribution >= 4 is 18.4 Å². The number of para-hydroxylation sites is 1. The van der Waals surface area contributed by atoms with Gasteiger partial charge in [0.1, 0.15) is 11.9 Å². The van der Waals surface area contributed by atoms with Gasteiger partial charge in [-0.3, -0.25) is 5.10 Å². The minimum atomic E-state index is -0.0489. The molecular weight excluding hydrogens is 300 g/mol. The van der Waals surface area contributed by atoms with Gasteiger partial charge in [0.25, 0.3) is 0 Å². The van der Waals surface area contributed by atoms with E-state index in [9.17, 15) is 0 Å². The molecule has 6 nitrogen and oxygen atoms in total. The van der Waals surface area contributed by atoms with Gasteiger partial charge < -0.3 is 9.47 Å². The lowest BCUT2D eigenvalue weighted by molar-refractivity contribution is 0.102. The summed E-state index contributed by atoms with van der Waals surface area (Å²) < 4.78 is 13.3. The number of hydrogen-bond donors (Lipinski definition) is 1. The summed E-state index contributed by atoms with van der Waals surface area (Å²) in [5, 5.41) is 11.5. The quantitative estimate of drug-likeness (QED) is 0.680. The van der Waals surface area contributed by atoms with Crippen molar-refractivity contribution in [3.05, 3.63) is 40.4 Å². The average Bonchev–Trinajstić information content (AvgIpc) is 3.16. The molecule has 7 heteroatoms. The first-order chi connectivity index (χ1) is 10.8. The largest absolute Gasteiger partial charge is 0.493 e. The molecule has 1 N–H and O–H groups in total. The van der Waals surface area contributed by atoms with Crippen molar-refractivity contribution in [1.82, 2.24) is 14.9 Å². The van der Waals surface area contributed by atoms with Gasteiger partial charge in [-0.25, -0.2) is 0 Å². The van der Waals surface area contributed by atoms with Gasteiger partial charge in [0, 0.05) is 12.2 Å². The Balaban J connectivity index is 1.90. The van der Waals surface area contributed by atoms with E-state index in [0.717, 1.165) is 30.8 Å². The Bertz CT molecular complexity index is 716. The van der Waals surface area contributed by atoms with Crippen LogP contribution < -0.4 is 4.74 Å². The van der Waals surface area contributed by atoms with Gasteiger partial charge in [0.05, 0.1) is 12.8 Å². The number of benzene rings is 1. The van der Waals surface area contributed by atoms with Gasteiger partial charge in [0.15, 0.2) is 5.82 Å². The highest BCUT2D eigenvalue weighted by Crippen LogP contribution is 2.27. The Labute approximate surface area is 133 Å². The van der Waals surface area contributed by atoms with Crippen LogP contribution in [-0.4, -0.2) is 34.3 Å². The third kappa shape index (κ3) is 3.10. The second kappa shape index (κ2) is 6.85. The lowest BCUT2D eigenvalue weighted by Gasteiger charge is -2.08. The molecule has 3 rings (SSSR count). The number of hydrogen-bond acceptors (Lipinski definition) is 5. The number of aromatic amines is 1. The van der Waals surface area contributed by atoms with E-state index in [2.05, 4.69) is 15.3 Å². The van der Waals surface area contributed by atoms with Crippen LogP contribution in [0.2, 0.25) is 0 Å². The highest BCUT2D eigenvalue weighted by Gasteiger charge is 2.23. The highest BCUT2D eigenvalue weighted by molar-refractivity contribution is 7.71. The first-order valence-corrected chi connectivity index (χ1v) is 7.75. The number of H-pyrrole nitrogens is 1. The standard InChI is InChI=1S/C15H18N4O2S/c1-2-20-12-7-4-3-6-11(12)10-16-19-14(17-18-15(19)22)13-8-5-9-21-13/h3-4,6-7,10,13H,2,5,8-9H2,1H3,(H,18,22)/b16-10-/t13-/m1/s1. The predicted octanol–water partition coefficient (Wildman–Crippen LogP) is 3.07. The van der Waals surface area contributed by atoms with E-state index in [1.807, 2.05) is 31.2 Å². The first kappa shape index (κ1) is 14.9. The van der Waals surface area contributed by atoms with Crippen molar-refractivity contribution in [3.8, 4) is 5.75 Å². The number of aromatic nitrogens is 3. The molecule has 1 aromatic heterocycles. The molecule has 116 valence electrons. The van der Waals surface area contributed by atoms with Gasteiger partial charge in [-0.1, -0.05) is 12.1 Å². The molecule has 0 unspecified atom stereocenters. The van der Waals surface area contributed by atoms with Crippen LogP contribution in [0.25, 0.3) is 0 Å². The van der Waals surface area contributed by atoms with Gasteiger partial charge in [-0.05, 0) is 44.1 Å². The molecule has 1 aromatic carbocycles. The van der Waals surface area contributed by atoms with Crippen LogP contribution in [0, 0.1) is 4.77 Å². The summed E-state index contributed by atoms with van der Waals surface area (Å²) >= 11 is 5.25. The summed E-state index contributed by atoms with van der Waals surface area (Å²) in [6.45, 7) is 3.31. The Morgan fingerprint density at radius 2 is 2.41 bits per heavy atom. The molecule has 0 amide bonds. The summed E-state index contributed by atoms with van der Waals surface area (Å²) in [5.41, 5.74) is 0.894. The lowest BCUT2D eigenvalue weighted by Crippen LogP contribution is -2.05. The Morgan fingerprint density at radius 1 is 1.55 bits per heavy atom. The van der Waals surface area contributed by atoms with Gasteiger partial charge in [-0.15, -0.1) is 0 Å². The molecule has 2 aromatic rings. The number of ether oxygens (including phenoxy) is 2. The molecule has 22 heavy (non-hydrogen) atoms.